The molecule has 114 valence electrons. The Morgan fingerprint density at radius 1 is 1.38 bits per heavy atom. The van der Waals surface area contributed by atoms with Crippen LogP contribution < -0.4 is 11.1 Å². The van der Waals surface area contributed by atoms with Crippen LogP contribution in [0.3, 0.4) is 0 Å². The lowest BCUT2D eigenvalue weighted by atomic mass is 9.83. The summed E-state index contributed by atoms with van der Waals surface area (Å²) in [6.07, 6.45) is 5.19. The van der Waals surface area contributed by atoms with Crippen LogP contribution in [-0.4, -0.2) is 22.0 Å². The largest absolute Gasteiger partial charge is 0.507 e. The van der Waals surface area contributed by atoms with E-state index >= 15 is 0 Å². The molecule has 2 rings (SSSR count). The van der Waals surface area contributed by atoms with Crippen molar-refractivity contribution in [2.75, 3.05) is 0 Å². The molecule has 1 fully saturated rings. The number of carbonyl (C=O) groups excluding carboxylic acids is 1. The van der Waals surface area contributed by atoms with Crippen LogP contribution in [0.2, 0.25) is 0 Å². The fraction of sp³-hybridized carbons (Fsp3) is 0.467. The van der Waals surface area contributed by atoms with Gasteiger partial charge in [0.2, 0.25) is 0 Å². The molecule has 1 aliphatic rings. The highest BCUT2D eigenvalue weighted by Crippen LogP contribution is 2.27. The number of hydrogen-bond acceptors (Lipinski definition) is 3. The number of thiocarbonyl (C=S) groups is 1. The van der Waals surface area contributed by atoms with Crippen molar-refractivity contribution in [2.45, 2.75) is 38.1 Å². The summed E-state index contributed by atoms with van der Waals surface area (Å²) in [5, 5.41) is 12.3. The first-order valence-corrected chi connectivity index (χ1v) is 7.49. The van der Waals surface area contributed by atoms with Gasteiger partial charge in [0.1, 0.15) is 17.1 Å². The van der Waals surface area contributed by atoms with Crippen LogP contribution in [0.4, 0.5) is 4.39 Å². The third kappa shape index (κ3) is 3.69. The summed E-state index contributed by atoms with van der Waals surface area (Å²) in [4.78, 5) is 12.4. The summed E-state index contributed by atoms with van der Waals surface area (Å²) in [6, 6.07) is 3.28. The van der Waals surface area contributed by atoms with Gasteiger partial charge < -0.3 is 16.2 Å². The fourth-order valence-electron chi connectivity index (χ4n) is 2.84. The maximum absolute atomic E-state index is 13.7. The minimum Gasteiger partial charge on any atom is -0.507 e. The number of phenolic OH excluding ortho intramolecular Hbond substituents is 1. The minimum atomic E-state index is -0.766. The molecule has 1 aliphatic carbocycles. The first-order chi connectivity index (χ1) is 10.0. The summed E-state index contributed by atoms with van der Waals surface area (Å²) in [7, 11) is 0. The van der Waals surface area contributed by atoms with Gasteiger partial charge >= 0.3 is 0 Å². The van der Waals surface area contributed by atoms with Gasteiger partial charge in [-0.15, -0.1) is 0 Å². The molecule has 6 heteroatoms. The monoisotopic (exact) mass is 310 g/mol. The molecule has 0 saturated heterocycles. The average Bonchev–Trinajstić information content (AvgIpc) is 2.45. The highest BCUT2D eigenvalue weighted by molar-refractivity contribution is 7.80. The first kappa shape index (κ1) is 15.7. The zero-order chi connectivity index (χ0) is 15.4. The minimum absolute atomic E-state index is 0.175. The molecule has 1 unspecified atom stereocenters. The number of halogens is 1. The highest BCUT2D eigenvalue weighted by atomic mass is 32.1. The van der Waals surface area contributed by atoms with Crippen molar-refractivity contribution in [1.29, 1.82) is 0 Å². The summed E-state index contributed by atoms with van der Waals surface area (Å²) in [5.74, 6) is -1.67. The highest BCUT2D eigenvalue weighted by Gasteiger charge is 2.29. The van der Waals surface area contributed by atoms with Crippen molar-refractivity contribution in [3.63, 3.8) is 0 Å². The quantitative estimate of drug-likeness (QED) is 0.747. The molecule has 1 atom stereocenters. The first-order valence-electron chi connectivity index (χ1n) is 7.08. The Hall–Kier alpha value is -1.69. The predicted molar refractivity (Wildman–Crippen MR) is 82.7 cm³/mol. The van der Waals surface area contributed by atoms with Crippen LogP contribution in [0.15, 0.2) is 18.2 Å². The zero-order valence-electron chi connectivity index (χ0n) is 11.6. The van der Waals surface area contributed by atoms with Crippen molar-refractivity contribution in [1.82, 2.24) is 5.32 Å². The van der Waals surface area contributed by atoms with Crippen molar-refractivity contribution in [3.05, 3.63) is 29.6 Å². The molecule has 0 bridgehead atoms. The van der Waals surface area contributed by atoms with E-state index in [1.165, 1.54) is 18.6 Å². The molecule has 0 heterocycles. The Kier molecular flexibility index (Phi) is 5.12. The molecule has 1 aromatic rings. The average molecular weight is 310 g/mol. The van der Waals surface area contributed by atoms with Crippen LogP contribution in [0.25, 0.3) is 0 Å². The molecule has 0 aliphatic heterocycles. The second-order valence-electron chi connectivity index (χ2n) is 5.39. The van der Waals surface area contributed by atoms with Crippen molar-refractivity contribution >= 4 is 23.1 Å². The van der Waals surface area contributed by atoms with Gasteiger partial charge in [0.15, 0.2) is 0 Å². The molecule has 0 aromatic heterocycles. The number of nitrogens with one attached hydrogen (secondary N) is 1. The lowest BCUT2D eigenvalue weighted by molar-refractivity contribution is 0.0925. The fourth-order valence-corrected chi connectivity index (χ4v) is 3.09. The normalized spacial score (nSPS) is 17.2. The summed E-state index contributed by atoms with van der Waals surface area (Å²) >= 11 is 5.04. The molecule has 21 heavy (non-hydrogen) atoms. The van der Waals surface area contributed by atoms with Gasteiger partial charge in [0.05, 0.1) is 11.0 Å². The Labute approximate surface area is 128 Å². The molecule has 0 radical (unpaired) electrons. The van der Waals surface area contributed by atoms with Gasteiger partial charge in [-0.05, 0) is 30.9 Å². The topological polar surface area (TPSA) is 75.3 Å². The number of rotatable bonds is 4. The lowest BCUT2D eigenvalue weighted by Gasteiger charge is -2.30. The van der Waals surface area contributed by atoms with Crippen molar-refractivity contribution < 1.29 is 14.3 Å². The third-order valence-electron chi connectivity index (χ3n) is 3.93. The zero-order valence-corrected chi connectivity index (χ0v) is 12.5. The van der Waals surface area contributed by atoms with Gasteiger partial charge in [-0.3, -0.25) is 4.79 Å². The Balaban J connectivity index is 2.16. The lowest BCUT2D eigenvalue weighted by Crippen LogP contribution is -2.49. The molecule has 1 aromatic carbocycles. The van der Waals surface area contributed by atoms with Gasteiger partial charge in [-0.1, -0.05) is 37.5 Å². The van der Waals surface area contributed by atoms with Gasteiger partial charge in [-0.2, -0.15) is 0 Å². The maximum atomic E-state index is 13.7. The molecule has 1 saturated carbocycles. The predicted octanol–water partition coefficient (Wildman–Crippen LogP) is 2.50. The van der Waals surface area contributed by atoms with E-state index in [1.807, 2.05) is 0 Å². The number of phenols is 1. The standard InChI is InChI=1S/C15H19FN2O2S/c16-10-7-4-8-11(19)12(10)15(20)18-13(14(17)21)9-5-2-1-3-6-9/h4,7-9,13,19H,1-3,5-6H2,(H2,17,21)(H,18,20). The molecular formula is C15H19FN2O2S. The Bertz CT molecular complexity index is 524. The molecule has 0 spiro atoms. The second-order valence-corrected chi connectivity index (χ2v) is 5.86. The summed E-state index contributed by atoms with van der Waals surface area (Å²) in [6.45, 7) is 0. The third-order valence-corrected chi connectivity index (χ3v) is 4.19. The van der Waals surface area contributed by atoms with E-state index in [4.69, 9.17) is 18.0 Å². The SMILES string of the molecule is NC(=S)C(NC(=O)c1c(O)cccc1F)C1CCCCC1. The number of amides is 1. The molecule has 4 N–H and O–H groups in total. The van der Waals surface area contributed by atoms with E-state index in [-0.39, 0.29) is 16.5 Å². The Morgan fingerprint density at radius 2 is 2.05 bits per heavy atom. The number of hydrogen-bond donors (Lipinski definition) is 3. The van der Waals surface area contributed by atoms with Crippen LogP contribution in [0.1, 0.15) is 42.5 Å². The van der Waals surface area contributed by atoms with E-state index < -0.39 is 23.5 Å². The van der Waals surface area contributed by atoms with Crippen LogP contribution >= 0.6 is 12.2 Å². The number of aromatic hydroxyl groups is 1. The van der Waals surface area contributed by atoms with Gasteiger partial charge in [-0.25, -0.2) is 4.39 Å². The van der Waals surface area contributed by atoms with Crippen LogP contribution in [0, 0.1) is 11.7 Å². The van der Waals surface area contributed by atoms with Crippen LogP contribution in [-0.2, 0) is 0 Å². The maximum Gasteiger partial charge on any atom is 0.258 e. The van der Waals surface area contributed by atoms with E-state index in [0.29, 0.717) is 0 Å². The van der Waals surface area contributed by atoms with Crippen molar-refractivity contribution in [2.24, 2.45) is 11.7 Å². The van der Waals surface area contributed by atoms with Gasteiger partial charge in [0, 0.05) is 0 Å². The number of nitrogens with two attached hydrogens (primary N) is 1. The molecule has 1 amide bonds. The van der Waals surface area contributed by atoms with E-state index in [1.54, 1.807) is 0 Å². The summed E-state index contributed by atoms with van der Waals surface area (Å²) in [5.41, 5.74) is 5.36. The smallest absolute Gasteiger partial charge is 0.258 e. The van der Waals surface area contributed by atoms with Gasteiger partial charge in [0.25, 0.3) is 5.91 Å². The van der Waals surface area contributed by atoms with Crippen molar-refractivity contribution in [3.8, 4) is 5.75 Å². The van der Waals surface area contributed by atoms with Crippen LogP contribution in [0.5, 0.6) is 5.75 Å². The molecular weight excluding hydrogens is 291 g/mol. The summed E-state index contributed by atoms with van der Waals surface area (Å²) < 4.78 is 13.7. The molecule has 4 nitrogen and oxygen atoms in total. The number of benzene rings is 1. The number of carbonyl (C=O) groups is 1. The van der Waals surface area contributed by atoms with E-state index in [2.05, 4.69) is 5.32 Å². The second kappa shape index (κ2) is 6.85. The van der Waals surface area contributed by atoms with E-state index in [0.717, 1.165) is 31.7 Å². The van der Waals surface area contributed by atoms with E-state index in [9.17, 15) is 14.3 Å². The Morgan fingerprint density at radius 3 is 2.62 bits per heavy atom.